The zero-order valence-corrected chi connectivity index (χ0v) is 14.0. The summed E-state index contributed by atoms with van der Waals surface area (Å²) in [5, 5.41) is 2.38. The molecule has 2 heterocycles. The van der Waals surface area contributed by atoms with Gasteiger partial charge in [0.1, 0.15) is 5.15 Å². The van der Waals surface area contributed by atoms with E-state index in [2.05, 4.69) is 37.5 Å². The maximum absolute atomic E-state index is 6.27. The molecule has 6 heteroatoms. The molecule has 0 spiro atoms. The molecule has 0 amide bonds. The van der Waals surface area contributed by atoms with Crippen molar-refractivity contribution in [2.24, 2.45) is 0 Å². The van der Waals surface area contributed by atoms with E-state index in [-0.39, 0.29) is 0 Å². The van der Waals surface area contributed by atoms with Crippen LogP contribution in [0, 0.1) is 17.4 Å². The van der Waals surface area contributed by atoms with E-state index in [0.29, 0.717) is 11.0 Å². The second kappa shape index (κ2) is 4.96. The fraction of sp³-hybridized carbons (Fsp3) is 0.154. The van der Waals surface area contributed by atoms with Crippen molar-refractivity contribution in [3.8, 4) is 10.7 Å². The summed E-state index contributed by atoms with van der Waals surface area (Å²) in [4.78, 5) is 14.4. The molecule has 0 fully saturated rings. The van der Waals surface area contributed by atoms with Crippen LogP contribution in [0.2, 0.25) is 5.15 Å². The Bertz CT molecular complexity index is 785. The Balaban J connectivity index is 2.26. The first kappa shape index (κ1) is 13.2. The van der Waals surface area contributed by atoms with Gasteiger partial charge in [-0.2, -0.15) is 0 Å². The van der Waals surface area contributed by atoms with Crippen LogP contribution in [0.3, 0.4) is 0 Å². The number of rotatable bonds is 1. The minimum Gasteiger partial charge on any atom is -0.246 e. The van der Waals surface area contributed by atoms with Gasteiger partial charge in [0.05, 0.1) is 21.1 Å². The van der Waals surface area contributed by atoms with Crippen molar-refractivity contribution in [2.75, 3.05) is 0 Å². The van der Waals surface area contributed by atoms with Gasteiger partial charge in [-0.05, 0) is 54.6 Å². The summed E-state index contributed by atoms with van der Waals surface area (Å²) in [7, 11) is 0. The quantitative estimate of drug-likeness (QED) is 0.441. The van der Waals surface area contributed by atoms with Gasteiger partial charge in [0.15, 0.2) is 5.82 Å². The summed E-state index contributed by atoms with van der Waals surface area (Å²) in [6, 6.07) is 5.98. The topological polar surface area (TPSA) is 38.7 Å². The van der Waals surface area contributed by atoms with E-state index in [1.807, 2.05) is 32.0 Å². The maximum atomic E-state index is 6.27. The van der Waals surface area contributed by atoms with E-state index in [1.54, 1.807) is 11.3 Å². The summed E-state index contributed by atoms with van der Waals surface area (Å²) in [5.74, 6) is 0.654. The summed E-state index contributed by atoms with van der Waals surface area (Å²) in [6.45, 7) is 3.94. The molecule has 3 nitrogen and oxygen atoms in total. The Morgan fingerprint density at radius 3 is 2.63 bits per heavy atom. The fourth-order valence-corrected chi connectivity index (χ4v) is 3.48. The highest BCUT2D eigenvalue weighted by atomic mass is 127. The monoisotopic (exact) mass is 401 g/mol. The zero-order valence-electron chi connectivity index (χ0n) is 10.2. The molecule has 2 aromatic heterocycles. The Labute approximate surface area is 133 Å². The minimum absolute atomic E-state index is 0.490. The van der Waals surface area contributed by atoms with Crippen LogP contribution >= 0.6 is 45.5 Å². The number of halogens is 2. The Morgan fingerprint density at radius 1 is 1.16 bits per heavy atom. The van der Waals surface area contributed by atoms with Crippen molar-refractivity contribution in [2.45, 2.75) is 13.8 Å². The summed E-state index contributed by atoms with van der Waals surface area (Å²) in [5.41, 5.74) is 1.81. The summed E-state index contributed by atoms with van der Waals surface area (Å²) < 4.78 is 1.12. The van der Waals surface area contributed by atoms with E-state index in [0.717, 1.165) is 30.1 Å². The van der Waals surface area contributed by atoms with Crippen LogP contribution in [0.4, 0.5) is 0 Å². The van der Waals surface area contributed by atoms with E-state index < -0.39 is 0 Å². The molecule has 0 saturated heterocycles. The maximum Gasteiger partial charge on any atom is 0.173 e. The number of hydrogen-bond acceptors (Lipinski definition) is 4. The van der Waals surface area contributed by atoms with Crippen LogP contribution in [-0.2, 0) is 0 Å². The third-order valence-corrected chi connectivity index (χ3v) is 4.75. The van der Waals surface area contributed by atoms with Gasteiger partial charge in [-0.3, -0.25) is 0 Å². The molecule has 0 unspecified atom stereocenters. The van der Waals surface area contributed by atoms with Gasteiger partial charge in [-0.1, -0.05) is 11.6 Å². The van der Waals surface area contributed by atoms with Crippen LogP contribution in [0.5, 0.6) is 0 Å². The van der Waals surface area contributed by atoms with Crippen LogP contribution < -0.4 is 0 Å². The van der Waals surface area contributed by atoms with Crippen molar-refractivity contribution >= 4 is 56.4 Å². The molecule has 0 aliphatic rings. The molecule has 0 radical (unpaired) electrons. The molecule has 96 valence electrons. The molecular weight excluding hydrogens is 393 g/mol. The molecule has 0 aliphatic carbocycles. The van der Waals surface area contributed by atoms with Crippen LogP contribution in [-0.4, -0.2) is 15.0 Å². The van der Waals surface area contributed by atoms with Crippen molar-refractivity contribution in [1.29, 1.82) is 0 Å². The number of benzene rings is 1. The van der Waals surface area contributed by atoms with Crippen LogP contribution in [0.25, 0.3) is 21.6 Å². The largest absolute Gasteiger partial charge is 0.246 e. The highest BCUT2D eigenvalue weighted by Crippen LogP contribution is 2.31. The first-order valence-corrected chi connectivity index (χ1v) is 7.89. The number of thiazole rings is 1. The highest BCUT2D eigenvalue weighted by Gasteiger charge is 2.13. The molecule has 3 rings (SSSR count). The van der Waals surface area contributed by atoms with Crippen molar-refractivity contribution in [3.63, 3.8) is 0 Å². The summed E-state index contributed by atoms with van der Waals surface area (Å²) in [6.07, 6.45) is 0. The normalized spacial score (nSPS) is 11.2. The summed E-state index contributed by atoms with van der Waals surface area (Å²) >= 11 is 10.1. The van der Waals surface area contributed by atoms with E-state index >= 15 is 0 Å². The molecule has 19 heavy (non-hydrogen) atoms. The molecule has 0 N–H and O–H groups in total. The molecule has 0 saturated carbocycles. The third kappa shape index (κ3) is 2.46. The van der Waals surface area contributed by atoms with Crippen molar-refractivity contribution in [3.05, 3.63) is 37.6 Å². The standard InChI is InChI=1S/C13H9ClIN3S/c1-6-11(19-7(2)16-6)13-17-10-4-3-8(15)5-9(10)12(14)18-13/h3-5H,1-2H3. The first-order chi connectivity index (χ1) is 9.04. The van der Waals surface area contributed by atoms with Gasteiger partial charge >= 0.3 is 0 Å². The highest BCUT2D eigenvalue weighted by molar-refractivity contribution is 14.1. The first-order valence-electron chi connectivity index (χ1n) is 5.62. The second-order valence-electron chi connectivity index (χ2n) is 4.15. The predicted octanol–water partition coefficient (Wildman–Crippen LogP) is 4.63. The SMILES string of the molecule is Cc1nc(C)c(-c2nc(Cl)c3cc(I)ccc3n2)s1. The fourth-order valence-electron chi connectivity index (χ4n) is 1.90. The lowest BCUT2D eigenvalue weighted by Crippen LogP contribution is -1.92. The Kier molecular flexibility index (Phi) is 3.44. The predicted molar refractivity (Wildman–Crippen MR) is 87.8 cm³/mol. The average molecular weight is 402 g/mol. The van der Waals surface area contributed by atoms with E-state index in [4.69, 9.17) is 11.6 Å². The number of aryl methyl sites for hydroxylation is 2. The van der Waals surface area contributed by atoms with Crippen LogP contribution in [0.1, 0.15) is 10.7 Å². The lowest BCUT2D eigenvalue weighted by atomic mass is 10.2. The number of hydrogen-bond donors (Lipinski definition) is 0. The molecule has 3 aromatic rings. The smallest absolute Gasteiger partial charge is 0.173 e. The zero-order chi connectivity index (χ0) is 13.6. The van der Waals surface area contributed by atoms with Crippen LogP contribution in [0.15, 0.2) is 18.2 Å². The number of aromatic nitrogens is 3. The van der Waals surface area contributed by atoms with Gasteiger partial charge < -0.3 is 0 Å². The van der Waals surface area contributed by atoms with Crippen molar-refractivity contribution in [1.82, 2.24) is 15.0 Å². The Morgan fingerprint density at radius 2 is 1.95 bits per heavy atom. The Hall–Kier alpha value is -0.790. The van der Waals surface area contributed by atoms with Gasteiger partial charge in [0.2, 0.25) is 0 Å². The average Bonchev–Trinajstić information content (AvgIpc) is 2.69. The lowest BCUT2D eigenvalue weighted by molar-refractivity contribution is 1.17. The van der Waals surface area contributed by atoms with Gasteiger partial charge in [0, 0.05) is 8.96 Å². The molecular formula is C13H9ClIN3S. The molecule has 0 atom stereocenters. The molecule has 0 bridgehead atoms. The second-order valence-corrected chi connectivity index (χ2v) is 6.95. The van der Waals surface area contributed by atoms with E-state index in [9.17, 15) is 0 Å². The number of fused-ring (bicyclic) bond motifs is 1. The van der Waals surface area contributed by atoms with Gasteiger partial charge in [0.25, 0.3) is 0 Å². The lowest BCUT2D eigenvalue weighted by Gasteiger charge is -2.04. The minimum atomic E-state index is 0.490. The molecule has 1 aromatic carbocycles. The third-order valence-electron chi connectivity index (χ3n) is 2.72. The van der Waals surface area contributed by atoms with Gasteiger partial charge in [-0.15, -0.1) is 11.3 Å². The number of nitrogens with zero attached hydrogens (tertiary/aromatic N) is 3. The molecule has 0 aliphatic heterocycles. The van der Waals surface area contributed by atoms with Gasteiger partial charge in [-0.25, -0.2) is 15.0 Å². The van der Waals surface area contributed by atoms with Crippen molar-refractivity contribution < 1.29 is 0 Å². The van der Waals surface area contributed by atoms with E-state index in [1.165, 1.54) is 0 Å².